The van der Waals surface area contributed by atoms with Gasteiger partial charge in [-0.05, 0) is 30.5 Å². The maximum atomic E-state index is 13.0. The molecule has 2 atom stereocenters. The van der Waals surface area contributed by atoms with Gasteiger partial charge in [0.1, 0.15) is 6.54 Å². The van der Waals surface area contributed by atoms with Crippen LogP contribution in [-0.2, 0) is 16.1 Å². The summed E-state index contributed by atoms with van der Waals surface area (Å²) < 4.78 is 1.83. The summed E-state index contributed by atoms with van der Waals surface area (Å²) in [4.78, 5) is 39.8. The zero-order valence-corrected chi connectivity index (χ0v) is 15.5. The van der Waals surface area contributed by atoms with Crippen molar-refractivity contribution in [2.75, 3.05) is 31.1 Å². The number of rotatable bonds is 5. The molecule has 0 radical (unpaired) electrons. The highest BCUT2D eigenvalue weighted by molar-refractivity contribution is 5.84. The molecule has 7 nitrogen and oxygen atoms in total. The van der Waals surface area contributed by atoms with Crippen LogP contribution in [0.5, 0.6) is 0 Å². The molecule has 2 aliphatic rings. The zero-order chi connectivity index (χ0) is 19.7. The zero-order valence-electron chi connectivity index (χ0n) is 15.5. The van der Waals surface area contributed by atoms with Crippen LogP contribution in [0.2, 0.25) is 0 Å². The van der Waals surface area contributed by atoms with Crippen molar-refractivity contribution in [3.8, 4) is 0 Å². The van der Waals surface area contributed by atoms with Crippen molar-refractivity contribution >= 4 is 17.6 Å². The van der Waals surface area contributed by atoms with Crippen LogP contribution in [0.25, 0.3) is 0 Å². The fraction of sp³-hybridized carbons (Fsp3) is 0.381. The van der Waals surface area contributed by atoms with Crippen molar-refractivity contribution < 1.29 is 14.7 Å². The smallest absolute Gasteiger partial charge is 0.323 e. The van der Waals surface area contributed by atoms with Gasteiger partial charge in [-0.3, -0.25) is 14.4 Å². The average Bonchev–Trinajstić information content (AvgIpc) is 2.68. The van der Waals surface area contributed by atoms with E-state index >= 15 is 0 Å². The largest absolute Gasteiger partial charge is 0.480 e. The molecule has 146 valence electrons. The van der Waals surface area contributed by atoms with E-state index in [2.05, 4.69) is 0 Å². The number of hydrogen-bond acceptors (Lipinski definition) is 4. The standard InChI is InChI=1S/C21H23N3O4/c25-19-8-4-7-18-16-9-15(11-24(18)19)10-23(12-16)20(26)13-22(14-21(27)28)17-5-2-1-3-6-17/h1-8,15-16H,9-14H2,(H,27,28). The Morgan fingerprint density at radius 3 is 2.54 bits per heavy atom. The Morgan fingerprint density at radius 1 is 1.00 bits per heavy atom. The van der Waals surface area contributed by atoms with Gasteiger partial charge in [-0.25, -0.2) is 0 Å². The Labute approximate surface area is 162 Å². The van der Waals surface area contributed by atoms with Crippen molar-refractivity contribution in [2.45, 2.75) is 18.9 Å². The fourth-order valence-electron chi connectivity index (χ4n) is 4.40. The summed E-state index contributed by atoms with van der Waals surface area (Å²) in [6.45, 7) is 1.60. The second kappa shape index (κ2) is 7.50. The minimum Gasteiger partial charge on any atom is -0.480 e. The van der Waals surface area contributed by atoms with Crippen LogP contribution in [0.15, 0.2) is 53.3 Å². The monoisotopic (exact) mass is 381 g/mol. The molecule has 0 spiro atoms. The number of aliphatic carboxylic acids is 1. The van der Waals surface area contributed by atoms with Gasteiger partial charge in [0, 0.05) is 43.0 Å². The van der Waals surface area contributed by atoms with Crippen LogP contribution in [0.1, 0.15) is 18.0 Å². The number of carboxylic acid groups (broad SMARTS) is 1. The average molecular weight is 381 g/mol. The van der Waals surface area contributed by atoms with E-state index in [-0.39, 0.29) is 36.4 Å². The van der Waals surface area contributed by atoms with Crippen LogP contribution in [0, 0.1) is 5.92 Å². The first-order valence-corrected chi connectivity index (χ1v) is 9.50. The van der Waals surface area contributed by atoms with Crippen LogP contribution in [0.3, 0.4) is 0 Å². The van der Waals surface area contributed by atoms with E-state index in [9.17, 15) is 19.5 Å². The number of likely N-dealkylation sites (tertiary alicyclic amines) is 1. The number of carbonyl (C=O) groups excluding carboxylic acids is 1. The Kier molecular flexibility index (Phi) is 4.90. The van der Waals surface area contributed by atoms with Crippen LogP contribution in [-0.4, -0.2) is 52.6 Å². The van der Waals surface area contributed by atoms with Crippen molar-refractivity contribution in [2.24, 2.45) is 5.92 Å². The quantitative estimate of drug-likeness (QED) is 0.846. The van der Waals surface area contributed by atoms with E-state index < -0.39 is 5.97 Å². The van der Waals surface area contributed by atoms with Gasteiger partial charge in [-0.2, -0.15) is 0 Å². The molecule has 1 aromatic carbocycles. The highest BCUT2D eigenvalue weighted by Gasteiger charge is 2.36. The number of benzene rings is 1. The lowest BCUT2D eigenvalue weighted by Crippen LogP contribution is -2.51. The summed E-state index contributed by atoms with van der Waals surface area (Å²) >= 11 is 0. The predicted octanol–water partition coefficient (Wildman–Crippen LogP) is 1.39. The maximum Gasteiger partial charge on any atom is 0.323 e. The van der Waals surface area contributed by atoms with E-state index in [1.54, 1.807) is 17.0 Å². The number of carbonyl (C=O) groups is 2. The number of fused-ring (bicyclic) bond motifs is 4. The van der Waals surface area contributed by atoms with E-state index in [1.165, 1.54) is 0 Å². The van der Waals surface area contributed by atoms with Gasteiger partial charge >= 0.3 is 5.97 Å². The Hall–Kier alpha value is -3.09. The molecular formula is C21H23N3O4. The van der Waals surface area contributed by atoms with Gasteiger partial charge in [0.25, 0.3) is 5.56 Å². The van der Waals surface area contributed by atoms with Gasteiger partial charge < -0.3 is 19.5 Å². The number of nitrogens with zero attached hydrogens (tertiary/aromatic N) is 3. The Morgan fingerprint density at radius 2 is 1.79 bits per heavy atom. The lowest BCUT2D eigenvalue weighted by atomic mass is 9.83. The normalized spacial score (nSPS) is 20.4. The molecule has 2 bridgehead atoms. The molecule has 28 heavy (non-hydrogen) atoms. The molecule has 1 N–H and O–H groups in total. The van der Waals surface area contributed by atoms with Gasteiger partial charge in [-0.1, -0.05) is 24.3 Å². The van der Waals surface area contributed by atoms with Crippen molar-refractivity contribution in [1.29, 1.82) is 0 Å². The number of para-hydroxylation sites is 1. The summed E-state index contributed by atoms with van der Waals surface area (Å²) in [5.41, 5.74) is 1.72. The number of carboxylic acids is 1. The molecule has 2 unspecified atom stereocenters. The minimum atomic E-state index is -0.972. The third-order valence-electron chi connectivity index (χ3n) is 5.61. The van der Waals surface area contributed by atoms with E-state index in [0.29, 0.717) is 25.3 Å². The molecule has 4 rings (SSSR count). The maximum absolute atomic E-state index is 13.0. The van der Waals surface area contributed by atoms with Crippen LogP contribution >= 0.6 is 0 Å². The predicted molar refractivity (Wildman–Crippen MR) is 104 cm³/mol. The highest BCUT2D eigenvalue weighted by Crippen LogP contribution is 2.35. The first-order chi connectivity index (χ1) is 13.5. The van der Waals surface area contributed by atoms with Crippen molar-refractivity contribution in [1.82, 2.24) is 9.47 Å². The summed E-state index contributed by atoms with van der Waals surface area (Å²) in [6.07, 6.45) is 0.977. The lowest BCUT2D eigenvalue weighted by molar-refractivity contribution is -0.135. The van der Waals surface area contributed by atoms with Gasteiger partial charge in [0.2, 0.25) is 5.91 Å². The number of hydrogen-bond donors (Lipinski definition) is 1. The third kappa shape index (κ3) is 3.65. The number of piperidine rings is 1. The van der Waals surface area contributed by atoms with Crippen LogP contribution < -0.4 is 10.5 Å². The molecule has 2 aliphatic heterocycles. The SMILES string of the molecule is O=C(O)CN(CC(=O)N1CC2CC(C1)c1cccc(=O)n1C2)c1ccccc1. The van der Waals surface area contributed by atoms with Gasteiger partial charge in [-0.15, -0.1) is 0 Å². The minimum absolute atomic E-state index is 0.0173. The van der Waals surface area contributed by atoms with E-state index in [1.807, 2.05) is 45.9 Å². The first-order valence-electron chi connectivity index (χ1n) is 9.50. The van der Waals surface area contributed by atoms with E-state index in [0.717, 1.165) is 12.1 Å². The lowest BCUT2D eigenvalue weighted by Gasteiger charge is -2.43. The summed E-state index contributed by atoms with van der Waals surface area (Å²) in [5, 5.41) is 9.24. The second-order valence-corrected chi connectivity index (χ2v) is 7.58. The molecule has 0 saturated carbocycles. The second-order valence-electron chi connectivity index (χ2n) is 7.58. The summed E-state index contributed by atoms with van der Waals surface area (Å²) in [6, 6.07) is 14.5. The van der Waals surface area contributed by atoms with Crippen LogP contribution in [0.4, 0.5) is 5.69 Å². The molecule has 1 saturated heterocycles. The molecule has 1 aromatic heterocycles. The molecule has 1 fully saturated rings. The molecular weight excluding hydrogens is 358 g/mol. The first kappa shape index (κ1) is 18.3. The number of anilines is 1. The molecule has 7 heteroatoms. The van der Waals surface area contributed by atoms with Gasteiger partial charge in [0.05, 0.1) is 6.54 Å². The number of amides is 1. The van der Waals surface area contributed by atoms with E-state index in [4.69, 9.17) is 0 Å². The summed E-state index contributed by atoms with van der Waals surface area (Å²) in [7, 11) is 0. The molecule has 3 heterocycles. The van der Waals surface area contributed by atoms with Crippen molar-refractivity contribution in [3.05, 3.63) is 64.6 Å². The molecule has 0 aliphatic carbocycles. The fourth-order valence-corrected chi connectivity index (χ4v) is 4.40. The van der Waals surface area contributed by atoms with Crippen molar-refractivity contribution in [3.63, 3.8) is 0 Å². The molecule has 2 aromatic rings. The molecule has 1 amide bonds. The number of pyridine rings is 1. The summed E-state index contributed by atoms with van der Waals surface area (Å²) in [5.74, 6) is -0.651. The highest BCUT2D eigenvalue weighted by atomic mass is 16.4. The van der Waals surface area contributed by atoms with Gasteiger partial charge in [0.15, 0.2) is 0 Å². The Balaban J connectivity index is 1.51. The Bertz CT molecular complexity index is 940. The third-order valence-corrected chi connectivity index (χ3v) is 5.61. The number of aromatic nitrogens is 1. The topological polar surface area (TPSA) is 82.8 Å².